The summed E-state index contributed by atoms with van der Waals surface area (Å²) in [5.74, 6) is -0.778. The molecule has 2 heterocycles. The molecule has 3 rings (SSSR count). The molecule has 0 unspecified atom stereocenters. The van der Waals surface area contributed by atoms with Crippen molar-refractivity contribution < 1.29 is 9.90 Å². The van der Waals surface area contributed by atoms with Crippen molar-refractivity contribution in [2.45, 2.75) is 32.4 Å². The minimum absolute atomic E-state index is 0.158. The van der Waals surface area contributed by atoms with Gasteiger partial charge in [-0.1, -0.05) is 41.7 Å². The van der Waals surface area contributed by atoms with Crippen molar-refractivity contribution in [3.8, 4) is 0 Å². The van der Waals surface area contributed by atoms with Crippen LogP contribution in [0.5, 0.6) is 0 Å². The smallest absolute Gasteiger partial charge is 0.303 e. The van der Waals surface area contributed by atoms with Gasteiger partial charge < -0.3 is 10.0 Å². The van der Waals surface area contributed by atoms with Crippen LogP contribution in [0.4, 0.5) is 5.13 Å². The van der Waals surface area contributed by atoms with Gasteiger partial charge in [0.05, 0.1) is 12.7 Å². The van der Waals surface area contributed by atoms with Gasteiger partial charge in [0.25, 0.3) is 0 Å². The maximum atomic E-state index is 10.6. The van der Waals surface area contributed by atoms with E-state index < -0.39 is 5.97 Å². The minimum Gasteiger partial charge on any atom is -0.481 e. The average molecular weight is 371 g/mol. The van der Waals surface area contributed by atoms with Crippen molar-refractivity contribution >= 4 is 22.4 Å². The molecule has 7 nitrogen and oxygen atoms in total. The van der Waals surface area contributed by atoms with E-state index in [9.17, 15) is 4.79 Å². The Kier molecular flexibility index (Phi) is 5.96. The number of carboxylic acids is 1. The lowest BCUT2D eigenvalue weighted by atomic mass is 10.2. The van der Waals surface area contributed by atoms with Crippen LogP contribution in [0, 0.1) is 0 Å². The number of benzene rings is 1. The van der Waals surface area contributed by atoms with Gasteiger partial charge in [0.1, 0.15) is 5.01 Å². The number of anilines is 1. The van der Waals surface area contributed by atoms with Gasteiger partial charge in [-0.2, -0.15) is 5.10 Å². The summed E-state index contributed by atoms with van der Waals surface area (Å²) in [5.41, 5.74) is 2.32. The van der Waals surface area contributed by atoms with Crippen LogP contribution in [0.2, 0.25) is 0 Å². The summed E-state index contributed by atoms with van der Waals surface area (Å²) in [6.07, 6.45) is 5.30. The lowest BCUT2D eigenvalue weighted by Crippen LogP contribution is -2.15. The highest BCUT2D eigenvalue weighted by molar-refractivity contribution is 7.15. The summed E-state index contributed by atoms with van der Waals surface area (Å²) in [6, 6.07) is 10.2. The fourth-order valence-electron chi connectivity index (χ4n) is 2.58. The first kappa shape index (κ1) is 18.1. The minimum atomic E-state index is -0.778. The molecule has 1 N–H and O–H groups in total. The maximum absolute atomic E-state index is 10.6. The normalized spacial score (nSPS) is 10.8. The molecule has 0 fully saturated rings. The predicted octanol–water partition coefficient (Wildman–Crippen LogP) is 2.83. The molecule has 0 aliphatic rings. The summed E-state index contributed by atoms with van der Waals surface area (Å²) >= 11 is 1.50. The van der Waals surface area contributed by atoms with Gasteiger partial charge in [-0.05, 0) is 12.0 Å². The standard InChI is InChI=1S/C18H21N5O2S/c1-22(18-21-20-16(26-18)8-5-9-17(24)25)11-15-10-19-23(13-15)12-14-6-3-2-4-7-14/h2-4,6-7,10,13H,5,8-9,11-12H2,1H3,(H,24,25). The lowest BCUT2D eigenvalue weighted by Gasteiger charge is -2.13. The number of carbonyl (C=O) groups is 1. The van der Waals surface area contributed by atoms with E-state index in [2.05, 4.69) is 27.4 Å². The number of carboxylic acid groups (broad SMARTS) is 1. The third-order valence-corrected chi connectivity index (χ3v) is 4.96. The zero-order chi connectivity index (χ0) is 18.4. The number of aryl methyl sites for hydroxylation is 1. The van der Waals surface area contributed by atoms with Gasteiger partial charge in [-0.25, -0.2) is 0 Å². The molecule has 0 saturated carbocycles. The Morgan fingerprint density at radius 1 is 1.23 bits per heavy atom. The first-order valence-corrected chi connectivity index (χ1v) is 9.22. The molecule has 0 radical (unpaired) electrons. The summed E-state index contributed by atoms with van der Waals surface area (Å²) in [5, 5.41) is 23.2. The molecule has 0 amide bonds. The number of aliphatic carboxylic acids is 1. The quantitative estimate of drug-likeness (QED) is 0.623. The maximum Gasteiger partial charge on any atom is 0.303 e. The highest BCUT2D eigenvalue weighted by atomic mass is 32.1. The van der Waals surface area contributed by atoms with Crippen LogP contribution in [0.1, 0.15) is 29.0 Å². The molecule has 0 saturated heterocycles. The fraction of sp³-hybridized carbons (Fsp3) is 0.333. The SMILES string of the molecule is CN(Cc1cnn(Cc2ccccc2)c1)c1nnc(CCCC(=O)O)s1. The molecule has 0 atom stereocenters. The average Bonchev–Trinajstić information content (AvgIpc) is 3.25. The van der Waals surface area contributed by atoms with Crippen LogP contribution in [0.25, 0.3) is 0 Å². The van der Waals surface area contributed by atoms with Crippen molar-refractivity contribution in [3.63, 3.8) is 0 Å². The number of rotatable bonds is 9. The summed E-state index contributed by atoms with van der Waals surface area (Å²) < 4.78 is 1.93. The molecule has 3 aromatic rings. The first-order chi connectivity index (χ1) is 12.6. The Morgan fingerprint density at radius 2 is 2.04 bits per heavy atom. The van der Waals surface area contributed by atoms with Gasteiger partial charge in [-0.3, -0.25) is 9.48 Å². The van der Waals surface area contributed by atoms with Crippen LogP contribution in [-0.2, 0) is 24.3 Å². The second-order valence-electron chi connectivity index (χ2n) is 6.11. The van der Waals surface area contributed by atoms with Crippen molar-refractivity contribution in [1.82, 2.24) is 20.0 Å². The van der Waals surface area contributed by atoms with E-state index in [0.717, 1.165) is 22.2 Å². The van der Waals surface area contributed by atoms with Crippen molar-refractivity contribution in [2.24, 2.45) is 0 Å². The summed E-state index contributed by atoms with van der Waals surface area (Å²) in [7, 11) is 1.97. The zero-order valence-electron chi connectivity index (χ0n) is 14.6. The molecular weight excluding hydrogens is 350 g/mol. The van der Waals surface area contributed by atoms with Gasteiger partial charge in [0.2, 0.25) is 5.13 Å². The Bertz CT molecular complexity index is 846. The molecule has 8 heteroatoms. The molecule has 2 aromatic heterocycles. The van der Waals surface area contributed by atoms with Crippen LogP contribution >= 0.6 is 11.3 Å². The van der Waals surface area contributed by atoms with E-state index in [4.69, 9.17) is 5.11 Å². The van der Waals surface area contributed by atoms with Crippen molar-refractivity contribution in [2.75, 3.05) is 11.9 Å². The molecule has 0 bridgehead atoms. The van der Waals surface area contributed by atoms with Gasteiger partial charge in [0, 0.05) is 38.2 Å². The molecule has 0 aliphatic heterocycles. The Labute approximate surface area is 155 Å². The van der Waals surface area contributed by atoms with Crippen LogP contribution < -0.4 is 4.90 Å². The molecule has 26 heavy (non-hydrogen) atoms. The molecule has 1 aromatic carbocycles. The molecule has 136 valence electrons. The molecular formula is C18H21N5O2S. The highest BCUT2D eigenvalue weighted by Crippen LogP contribution is 2.22. The fourth-order valence-corrected chi connectivity index (χ4v) is 3.42. The van der Waals surface area contributed by atoms with Gasteiger partial charge >= 0.3 is 5.97 Å². The monoisotopic (exact) mass is 371 g/mol. The Hall–Kier alpha value is -2.74. The largest absolute Gasteiger partial charge is 0.481 e. The topological polar surface area (TPSA) is 84.1 Å². The summed E-state index contributed by atoms with van der Waals surface area (Å²) in [4.78, 5) is 12.6. The molecule has 0 aliphatic carbocycles. The number of hydrogen-bond acceptors (Lipinski definition) is 6. The van der Waals surface area contributed by atoms with E-state index in [0.29, 0.717) is 19.4 Å². The van der Waals surface area contributed by atoms with Crippen LogP contribution in [-0.4, -0.2) is 38.1 Å². The van der Waals surface area contributed by atoms with E-state index in [1.165, 1.54) is 16.9 Å². The van der Waals surface area contributed by atoms with Gasteiger partial charge in [-0.15, -0.1) is 10.2 Å². The van der Waals surface area contributed by atoms with Crippen molar-refractivity contribution in [3.05, 3.63) is 58.9 Å². The van der Waals surface area contributed by atoms with Gasteiger partial charge in [0.15, 0.2) is 0 Å². The van der Waals surface area contributed by atoms with E-state index >= 15 is 0 Å². The second kappa shape index (κ2) is 8.57. The number of nitrogens with zero attached hydrogens (tertiary/aromatic N) is 5. The van der Waals surface area contributed by atoms with E-state index in [1.807, 2.05) is 47.2 Å². The summed E-state index contributed by atoms with van der Waals surface area (Å²) in [6.45, 7) is 1.44. The zero-order valence-corrected chi connectivity index (χ0v) is 15.4. The highest BCUT2D eigenvalue weighted by Gasteiger charge is 2.11. The van der Waals surface area contributed by atoms with E-state index in [-0.39, 0.29) is 6.42 Å². The van der Waals surface area contributed by atoms with E-state index in [1.54, 1.807) is 0 Å². The number of aromatic nitrogens is 4. The Morgan fingerprint density at radius 3 is 2.81 bits per heavy atom. The first-order valence-electron chi connectivity index (χ1n) is 8.41. The Balaban J connectivity index is 1.54. The second-order valence-corrected chi connectivity index (χ2v) is 7.15. The lowest BCUT2D eigenvalue weighted by molar-refractivity contribution is -0.137. The predicted molar refractivity (Wildman–Crippen MR) is 100 cm³/mol. The van der Waals surface area contributed by atoms with Crippen LogP contribution in [0.15, 0.2) is 42.7 Å². The number of hydrogen-bond donors (Lipinski definition) is 1. The third-order valence-electron chi connectivity index (χ3n) is 3.86. The third kappa shape index (κ3) is 5.13. The van der Waals surface area contributed by atoms with Crippen molar-refractivity contribution in [1.29, 1.82) is 0 Å². The molecule has 0 spiro atoms. The van der Waals surface area contributed by atoms with Crippen LogP contribution in [0.3, 0.4) is 0 Å².